The lowest BCUT2D eigenvalue weighted by Gasteiger charge is -2.23. The van der Waals surface area contributed by atoms with Crippen LogP contribution in [0.25, 0.3) is 0 Å². The average Bonchev–Trinajstić information content (AvgIpc) is 2.82. The Labute approximate surface area is 189 Å². The van der Waals surface area contributed by atoms with Crippen LogP contribution in [0.15, 0.2) is 89.8 Å². The molecule has 0 radical (unpaired) electrons. The summed E-state index contributed by atoms with van der Waals surface area (Å²) in [4.78, 5) is 13.0. The van der Waals surface area contributed by atoms with Gasteiger partial charge in [-0.1, -0.05) is 66.7 Å². The molecule has 0 saturated heterocycles. The number of nitrogens with one attached hydrogen (secondary N) is 1. The number of carbonyl (C=O) groups excluding carboxylic acids is 1. The molecule has 0 saturated carbocycles. The third-order valence-corrected chi connectivity index (χ3v) is 7.04. The van der Waals surface area contributed by atoms with E-state index in [4.69, 9.17) is 4.74 Å². The van der Waals surface area contributed by atoms with E-state index in [-0.39, 0.29) is 29.9 Å². The summed E-state index contributed by atoms with van der Waals surface area (Å²) in [5.74, 6) is 0.286. The first kappa shape index (κ1) is 23.5. The van der Waals surface area contributed by atoms with E-state index in [9.17, 15) is 13.2 Å². The van der Waals surface area contributed by atoms with Gasteiger partial charge in [0.2, 0.25) is 15.9 Å². The highest BCUT2D eigenvalue weighted by Gasteiger charge is 2.27. The van der Waals surface area contributed by atoms with Gasteiger partial charge in [-0.15, -0.1) is 0 Å². The van der Waals surface area contributed by atoms with Crippen LogP contribution < -0.4 is 10.1 Å². The van der Waals surface area contributed by atoms with Crippen LogP contribution in [0.3, 0.4) is 0 Å². The van der Waals surface area contributed by atoms with Crippen LogP contribution in [0.1, 0.15) is 24.1 Å². The van der Waals surface area contributed by atoms with Gasteiger partial charge >= 0.3 is 0 Å². The summed E-state index contributed by atoms with van der Waals surface area (Å²) >= 11 is 0. The predicted octanol–water partition coefficient (Wildman–Crippen LogP) is 3.81. The molecule has 32 heavy (non-hydrogen) atoms. The zero-order chi connectivity index (χ0) is 23.0. The largest absolute Gasteiger partial charge is 0.496 e. The number of carbonyl (C=O) groups is 1. The summed E-state index contributed by atoms with van der Waals surface area (Å²) in [6, 6.07) is 24.9. The molecule has 0 bridgehead atoms. The van der Waals surface area contributed by atoms with Crippen molar-refractivity contribution >= 4 is 15.9 Å². The molecule has 0 aliphatic rings. The summed E-state index contributed by atoms with van der Waals surface area (Å²) in [6.45, 7) is 1.76. The molecule has 0 fully saturated rings. The first-order chi connectivity index (χ1) is 15.4. The maximum absolute atomic E-state index is 13.3. The number of para-hydroxylation sites is 1. The van der Waals surface area contributed by atoms with E-state index in [1.165, 1.54) is 4.31 Å². The van der Waals surface area contributed by atoms with Crippen LogP contribution in [0, 0.1) is 0 Å². The molecule has 3 aromatic carbocycles. The minimum atomic E-state index is -3.83. The second kappa shape index (κ2) is 10.9. The molecule has 0 heterocycles. The summed E-state index contributed by atoms with van der Waals surface area (Å²) in [5.41, 5.74) is 1.83. The fourth-order valence-corrected chi connectivity index (χ4v) is 4.89. The van der Waals surface area contributed by atoms with Crippen molar-refractivity contribution < 1.29 is 17.9 Å². The lowest BCUT2D eigenvalue weighted by molar-refractivity contribution is -0.121. The summed E-state index contributed by atoms with van der Waals surface area (Å²) in [6.07, 6.45) is 0.502. The number of hydrogen-bond donors (Lipinski definition) is 1. The number of ether oxygens (including phenoxy) is 1. The van der Waals surface area contributed by atoms with Gasteiger partial charge in [-0.05, 0) is 37.1 Å². The molecule has 3 rings (SSSR count). The minimum Gasteiger partial charge on any atom is -0.496 e. The number of rotatable bonds is 10. The van der Waals surface area contributed by atoms with Crippen LogP contribution in [-0.4, -0.2) is 38.8 Å². The molecule has 0 aromatic heterocycles. The number of nitrogens with zero attached hydrogens (tertiary/aromatic N) is 1. The smallest absolute Gasteiger partial charge is 0.243 e. The van der Waals surface area contributed by atoms with Crippen LogP contribution in [0.5, 0.6) is 5.75 Å². The molecule has 0 unspecified atom stereocenters. The van der Waals surface area contributed by atoms with Gasteiger partial charge in [-0.25, -0.2) is 8.42 Å². The van der Waals surface area contributed by atoms with Gasteiger partial charge in [0, 0.05) is 12.1 Å². The summed E-state index contributed by atoms with van der Waals surface area (Å²) in [7, 11) is -2.26. The average molecular weight is 453 g/mol. The summed E-state index contributed by atoms with van der Waals surface area (Å²) in [5, 5.41) is 2.90. The van der Waals surface area contributed by atoms with Gasteiger partial charge in [0.15, 0.2) is 0 Å². The zero-order valence-corrected chi connectivity index (χ0v) is 19.1. The molecular formula is C25H28N2O4S. The Hall–Kier alpha value is -3.16. The van der Waals surface area contributed by atoms with E-state index in [1.807, 2.05) is 61.5 Å². The standard InChI is InChI=1S/C25H28N2O4S/c1-20(23-15-9-10-16-24(23)31-2)26-25(28)19-27(18-17-21-11-5-3-6-12-21)32(29,30)22-13-7-4-8-14-22/h3-16,20H,17-19H2,1-2H3,(H,26,28)/t20-/m0/s1. The molecular weight excluding hydrogens is 424 g/mol. The Morgan fingerprint density at radius 3 is 2.19 bits per heavy atom. The van der Waals surface area contributed by atoms with Crippen molar-refractivity contribution in [1.29, 1.82) is 0 Å². The number of methoxy groups -OCH3 is 1. The number of hydrogen-bond acceptors (Lipinski definition) is 4. The number of amides is 1. The van der Waals surface area contributed by atoms with Crippen molar-refractivity contribution in [3.05, 3.63) is 96.1 Å². The quantitative estimate of drug-likeness (QED) is 0.508. The van der Waals surface area contributed by atoms with E-state index in [2.05, 4.69) is 5.32 Å². The van der Waals surface area contributed by atoms with Crippen molar-refractivity contribution in [2.24, 2.45) is 0 Å². The molecule has 0 aliphatic heterocycles. The van der Waals surface area contributed by atoms with E-state index >= 15 is 0 Å². The number of benzene rings is 3. The van der Waals surface area contributed by atoms with Gasteiger partial charge in [-0.2, -0.15) is 4.31 Å². The Kier molecular flexibility index (Phi) is 8.03. The van der Waals surface area contributed by atoms with Gasteiger partial charge in [0.25, 0.3) is 0 Å². The van der Waals surface area contributed by atoms with Gasteiger partial charge < -0.3 is 10.1 Å². The normalized spacial score (nSPS) is 12.3. The number of sulfonamides is 1. The Balaban J connectivity index is 1.77. The van der Waals surface area contributed by atoms with E-state index in [0.29, 0.717) is 12.2 Å². The molecule has 1 amide bonds. The van der Waals surface area contributed by atoms with Crippen LogP contribution >= 0.6 is 0 Å². The topological polar surface area (TPSA) is 75.7 Å². The van der Waals surface area contributed by atoms with Crippen molar-refractivity contribution in [1.82, 2.24) is 9.62 Å². The first-order valence-electron chi connectivity index (χ1n) is 10.4. The maximum atomic E-state index is 13.3. The van der Waals surface area contributed by atoms with Crippen LogP contribution in [0.4, 0.5) is 0 Å². The molecule has 6 nitrogen and oxygen atoms in total. The molecule has 1 atom stereocenters. The lowest BCUT2D eigenvalue weighted by atomic mass is 10.1. The van der Waals surface area contributed by atoms with Crippen LogP contribution in [-0.2, 0) is 21.2 Å². The highest BCUT2D eigenvalue weighted by molar-refractivity contribution is 7.89. The second-order valence-electron chi connectivity index (χ2n) is 7.42. The fourth-order valence-electron chi connectivity index (χ4n) is 3.47. The first-order valence-corrected chi connectivity index (χ1v) is 11.9. The Morgan fingerprint density at radius 2 is 1.53 bits per heavy atom. The van der Waals surface area contributed by atoms with Crippen molar-refractivity contribution in [2.45, 2.75) is 24.3 Å². The molecule has 168 valence electrons. The SMILES string of the molecule is COc1ccccc1[C@H](C)NC(=O)CN(CCc1ccccc1)S(=O)(=O)c1ccccc1. The van der Waals surface area contributed by atoms with E-state index < -0.39 is 10.0 Å². The Morgan fingerprint density at radius 1 is 0.938 bits per heavy atom. The third-order valence-electron chi connectivity index (χ3n) is 5.18. The fraction of sp³-hybridized carbons (Fsp3) is 0.240. The summed E-state index contributed by atoms with van der Waals surface area (Å²) < 4.78 is 33.1. The monoisotopic (exact) mass is 452 g/mol. The molecule has 3 aromatic rings. The van der Waals surface area contributed by atoms with Crippen LogP contribution in [0.2, 0.25) is 0 Å². The lowest BCUT2D eigenvalue weighted by Crippen LogP contribution is -2.42. The predicted molar refractivity (Wildman–Crippen MR) is 125 cm³/mol. The molecule has 1 N–H and O–H groups in total. The van der Waals surface area contributed by atoms with Crippen molar-refractivity contribution in [3.63, 3.8) is 0 Å². The van der Waals surface area contributed by atoms with Gasteiger partial charge in [-0.3, -0.25) is 4.79 Å². The van der Waals surface area contributed by atoms with E-state index in [1.54, 1.807) is 37.4 Å². The second-order valence-corrected chi connectivity index (χ2v) is 9.36. The minimum absolute atomic E-state index is 0.165. The van der Waals surface area contributed by atoms with Gasteiger partial charge in [0.1, 0.15) is 5.75 Å². The van der Waals surface area contributed by atoms with Gasteiger partial charge in [0.05, 0.1) is 24.6 Å². The molecule has 0 aliphatic carbocycles. The zero-order valence-electron chi connectivity index (χ0n) is 18.3. The molecule has 7 heteroatoms. The highest BCUT2D eigenvalue weighted by Crippen LogP contribution is 2.24. The highest BCUT2D eigenvalue weighted by atomic mass is 32.2. The third kappa shape index (κ3) is 5.96. The van der Waals surface area contributed by atoms with E-state index in [0.717, 1.165) is 11.1 Å². The maximum Gasteiger partial charge on any atom is 0.243 e. The van der Waals surface area contributed by atoms with Crippen molar-refractivity contribution in [3.8, 4) is 5.75 Å². The van der Waals surface area contributed by atoms with Crippen molar-refractivity contribution in [2.75, 3.05) is 20.2 Å². The Bertz CT molecular complexity index is 1120. The molecule has 0 spiro atoms.